The van der Waals surface area contributed by atoms with Gasteiger partial charge in [-0.05, 0) is 47.6 Å². The highest BCUT2D eigenvalue weighted by atomic mass is 32.1. The highest BCUT2D eigenvalue weighted by molar-refractivity contribution is 7.07. The molecule has 6 heteroatoms. The highest BCUT2D eigenvalue weighted by Crippen LogP contribution is 2.26. The third kappa shape index (κ3) is 4.93. The number of amides is 2. The molecule has 128 valence electrons. The zero-order valence-electron chi connectivity index (χ0n) is 13.5. The molecule has 3 rings (SSSR count). The molecule has 1 saturated carbocycles. The molecule has 1 aliphatic carbocycles. The monoisotopic (exact) mass is 337 g/mol. The summed E-state index contributed by atoms with van der Waals surface area (Å²) in [6.45, 7) is 3.48. The van der Waals surface area contributed by atoms with Gasteiger partial charge in [-0.15, -0.1) is 0 Å². The molecule has 0 aromatic carbocycles. The van der Waals surface area contributed by atoms with Crippen LogP contribution in [0.2, 0.25) is 0 Å². The Balaban J connectivity index is 1.34. The van der Waals surface area contributed by atoms with Gasteiger partial charge in [-0.1, -0.05) is 12.8 Å². The summed E-state index contributed by atoms with van der Waals surface area (Å²) < 4.78 is 0. The topological polar surface area (TPSA) is 64.6 Å². The Bertz CT molecular complexity index is 488. The van der Waals surface area contributed by atoms with Crippen LogP contribution < -0.4 is 10.6 Å². The number of hydrogen-bond donors (Lipinski definition) is 3. The summed E-state index contributed by atoms with van der Waals surface area (Å²) in [6, 6.07) is 1.94. The van der Waals surface area contributed by atoms with Gasteiger partial charge in [-0.3, -0.25) is 0 Å². The van der Waals surface area contributed by atoms with Gasteiger partial charge in [0, 0.05) is 32.2 Å². The van der Waals surface area contributed by atoms with Gasteiger partial charge in [0.15, 0.2) is 0 Å². The molecule has 2 aliphatic rings. The van der Waals surface area contributed by atoms with E-state index >= 15 is 0 Å². The quantitative estimate of drug-likeness (QED) is 0.746. The average Bonchev–Trinajstić information content (AvgIpc) is 3.28. The molecule has 2 amide bonds. The predicted molar refractivity (Wildman–Crippen MR) is 92.6 cm³/mol. The van der Waals surface area contributed by atoms with E-state index in [2.05, 4.69) is 15.5 Å². The van der Waals surface area contributed by atoms with Crippen molar-refractivity contribution in [3.8, 4) is 0 Å². The molecule has 1 aromatic heterocycles. The first-order chi connectivity index (χ1) is 11.2. The lowest BCUT2D eigenvalue weighted by Gasteiger charge is -2.20. The smallest absolute Gasteiger partial charge is 0.315 e. The number of nitrogens with zero attached hydrogens (tertiary/aromatic N) is 1. The summed E-state index contributed by atoms with van der Waals surface area (Å²) in [6.07, 6.45) is 5.90. The zero-order valence-corrected chi connectivity index (χ0v) is 14.4. The Morgan fingerprint density at radius 2 is 2.22 bits per heavy atom. The van der Waals surface area contributed by atoms with Crippen LogP contribution in [-0.4, -0.2) is 48.3 Å². The minimum atomic E-state index is -0.630. The van der Waals surface area contributed by atoms with E-state index < -0.39 is 6.10 Å². The van der Waals surface area contributed by atoms with E-state index in [-0.39, 0.29) is 18.6 Å². The predicted octanol–water partition coefficient (Wildman–Crippen LogP) is 2.35. The summed E-state index contributed by atoms with van der Waals surface area (Å²) in [5, 5.41) is 19.6. The van der Waals surface area contributed by atoms with Crippen molar-refractivity contribution in [2.24, 2.45) is 5.92 Å². The average molecular weight is 337 g/mol. The van der Waals surface area contributed by atoms with E-state index in [1.165, 1.54) is 32.2 Å². The molecule has 2 fully saturated rings. The van der Waals surface area contributed by atoms with Crippen LogP contribution in [0.25, 0.3) is 0 Å². The van der Waals surface area contributed by atoms with Gasteiger partial charge in [0.05, 0.1) is 6.10 Å². The summed E-state index contributed by atoms with van der Waals surface area (Å²) in [4.78, 5) is 14.5. The number of carbonyl (C=O) groups excluding carboxylic acids is 1. The summed E-state index contributed by atoms with van der Waals surface area (Å²) in [5.74, 6) is 0.864. The van der Waals surface area contributed by atoms with Gasteiger partial charge in [0.2, 0.25) is 0 Å². The molecule has 1 aromatic rings. The third-order valence-electron chi connectivity index (χ3n) is 4.98. The highest BCUT2D eigenvalue weighted by Gasteiger charge is 2.26. The zero-order chi connectivity index (χ0) is 16.1. The van der Waals surface area contributed by atoms with Gasteiger partial charge < -0.3 is 20.6 Å². The first kappa shape index (κ1) is 16.7. The number of nitrogens with one attached hydrogen (secondary N) is 2. The summed E-state index contributed by atoms with van der Waals surface area (Å²) >= 11 is 1.55. The fourth-order valence-electron chi connectivity index (χ4n) is 3.68. The van der Waals surface area contributed by atoms with Crippen LogP contribution in [0.5, 0.6) is 0 Å². The maximum atomic E-state index is 12.0. The third-order valence-corrected chi connectivity index (χ3v) is 5.68. The van der Waals surface area contributed by atoms with Crippen molar-refractivity contribution in [2.45, 2.75) is 44.2 Å². The van der Waals surface area contributed by atoms with E-state index in [9.17, 15) is 9.90 Å². The Morgan fingerprint density at radius 3 is 2.96 bits per heavy atom. The summed E-state index contributed by atoms with van der Waals surface area (Å²) in [7, 11) is 0. The molecule has 5 nitrogen and oxygen atoms in total. The standard InChI is InChI=1S/C17H27N3O2S/c21-16(14-6-8-23-12-14)9-18-17(22)19-15-5-7-20(11-15)10-13-3-1-2-4-13/h6,8,12-13,15-16,21H,1-5,7,9-11H2,(H2,18,19,22)/t15-,16+/m1/s1. The van der Waals surface area contributed by atoms with E-state index in [1.807, 2.05) is 16.8 Å². The molecular formula is C17H27N3O2S. The molecule has 2 atom stereocenters. The van der Waals surface area contributed by atoms with Crippen LogP contribution in [0, 0.1) is 5.92 Å². The first-order valence-electron chi connectivity index (χ1n) is 8.67. The molecule has 23 heavy (non-hydrogen) atoms. The Labute approximate surface area is 142 Å². The second-order valence-electron chi connectivity index (χ2n) is 6.82. The fraction of sp³-hybridized carbons (Fsp3) is 0.706. The Morgan fingerprint density at radius 1 is 1.39 bits per heavy atom. The van der Waals surface area contributed by atoms with Crippen LogP contribution in [0.4, 0.5) is 4.79 Å². The molecule has 2 heterocycles. The minimum absolute atomic E-state index is 0.174. The lowest BCUT2D eigenvalue weighted by molar-refractivity contribution is 0.173. The maximum absolute atomic E-state index is 12.0. The van der Waals surface area contributed by atoms with Crippen molar-refractivity contribution in [3.05, 3.63) is 22.4 Å². The number of hydrogen-bond acceptors (Lipinski definition) is 4. The number of likely N-dealkylation sites (tertiary alicyclic amines) is 1. The van der Waals surface area contributed by atoms with Gasteiger partial charge in [0.25, 0.3) is 0 Å². The number of rotatable bonds is 6. The van der Waals surface area contributed by atoms with Crippen molar-refractivity contribution >= 4 is 17.4 Å². The van der Waals surface area contributed by atoms with E-state index in [0.29, 0.717) is 0 Å². The Kier molecular flexibility index (Phi) is 5.91. The van der Waals surface area contributed by atoms with Gasteiger partial charge in [0.1, 0.15) is 0 Å². The lowest BCUT2D eigenvalue weighted by Crippen LogP contribution is -2.44. The molecule has 1 aliphatic heterocycles. The molecule has 0 spiro atoms. The van der Waals surface area contributed by atoms with Gasteiger partial charge in [-0.25, -0.2) is 4.79 Å². The van der Waals surface area contributed by atoms with Crippen LogP contribution in [0.1, 0.15) is 43.8 Å². The second kappa shape index (κ2) is 8.13. The van der Waals surface area contributed by atoms with Crippen LogP contribution >= 0.6 is 11.3 Å². The van der Waals surface area contributed by atoms with Crippen molar-refractivity contribution in [3.63, 3.8) is 0 Å². The molecule has 3 N–H and O–H groups in total. The first-order valence-corrected chi connectivity index (χ1v) is 9.62. The normalized spacial score (nSPS) is 24.0. The van der Waals surface area contributed by atoms with Crippen molar-refractivity contribution in [2.75, 3.05) is 26.2 Å². The van der Waals surface area contributed by atoms with Crippen molar-refractivity contribution in [1.29, 1.82) is 0 Å². The van der Waals surface area contributed by atoms with Crippen LogP contribution in [0.15, 0.2) is 16.8 Å². The fourth-order valence-corrected chi connectivity index (χ4v) is 4.39. The number of carbonyl (C=O) groups is 1. The molecule has 0 bridgehead atoms. The molecule has 0 radical (unpaired) electrons. The molecule has 1 saturated heterocycles. The number of aliphatic hydroxyl groups excluding tert-OH is 1. The van der Waals surface area contributed by atoms with E-state index in [0.717, 1.165) is 31.0 Å². The SMILES string of the molecule is O=C(NC[C@H](O)c1ccsc1)N[C@@H]1CCN(CC2CCCC2)C1. The number of urea groups is 1. The molecule has 0 unspecified atom stereocenters. The maximum Gasteiger partial charge on any atom is 0.315 e. The van der Waals surface area contributed by atoms with E-state index in [1.54, 1.807) is 11.3 Å². The molecular weight excluding hydrogens is 310 g/mol. The van der Waals surface area contributed by atoms with Crippen molar-refractivity contribution in [1.82, 2.24) is 15.5 Å². The second-order valence-corrected chi connectivity index (χ2v) is 7.60. The van der Waals surface area contributed by atoms with Gasteiger partial charge in [-0.2, -0.15) is 11.3 Å². The minimum Gasteiger partial charge on any atom is -0.387 e. The van der Waals surface area contributed by atoms with Crippen LogP contribution in [0.3, 0.4) is 0 Å². The largest absolute Gasteiger partial charge is 0.387 e. The van der Waals surface area contributed by atoms with Gasteiger partial charge >= 0.3 is 6.03 Å². The number of aliphatic hydroxyl groups is 1. The van der Waals surface area contributed by atoms with Crippen molar-refractivity contribution < 1.29 is 9.90 Å². The lowest BCUT2D eigenvalue weighted by atomic mass is 10.1. The number of thiophene rings is 1. The summed E-state index contributed by atoms with van der Waals surface area (Å²) in [5.41, 5.74) is 0.860. The van der Waals surface area contributed by atoms with Crippen LogP contribution in [-0.2, 0) is 0 Å². The Hall–Kier alpha value is -1.11. The van der Waals surface area contributed by atoms with E-state index in [4.69, 9.17) is 0 Å².